The first-order chi connectivity index (χ1) is 8.68. The molecule has 2 N–H and O–H groups in total. The van der Waals surface area contributed by atoms with Crippen molar-refractivity contribution in [2.24, 2.45) is 5.41 Å². The van der Waals surface area contributed by atoms with Gasteiger partial charge in [0.25, 0.3) is 0 Å². The first kappa shape index (κ1) is 12.6. The van der Waals surface area contributed by atoms with E-state index in [1.165, 1.54) is 5.56 Å². The Morgan fingerprint density at radius 1 is 1.67 bits per heavy atom. The first-order valence-corrected chi connectivity index (χ1v) is 6.36. The van der Waals surface area contributed by atoms with Crippen LogP contribution < -0.4 is 5.32 Å². The summed E-state index contributed by atoms with van der Waals surface area (Å²) in [6, 6.07) is 2.15. The largest absolute Gasteiger partial charge is 0.355 e. The molecular formula is C13H18N4O. The van der Waals surface area contributed by atoms with Gasteiger partial charge in [0.1, 0.15) is 5.41 Å². The lowest BCUT2D eigenvalue weighted by Gasteiger charge is -2.33. The second-order valence-corrected chi connectivity index (χ2v) is 4.93. The van der Waals surface area contributed by atoms with Gasteiger partial charge in [-0.25, -0.2) is 0 Å². The molecule has 5 heteroatoms. The number of aromatic amines is 1. The van der Waals surface area contributed by atoms with E-state index < -0.39 is 5.41 Å². The molecule has 0 radical (unpaired) electrons. The lowest BCUT2D eigenvalue weighted by atomic mass is 9.69. The molecule has 0 spiro atoms. The fourth-order valence-corrected chi connectivity index (χ4v) is 2.20. The summed E-state index contributed by atoms with van der Waals surface area (Å²) in [5, 5.41) is 18.7. The molecule has 0 aliphatic heterocycles. The summed E-state index contributed by atoms with van der Waals surface area (Å²) >= 11 is 0. The number of rotatable bonds is 5. The van der Waals surface area contributed by atoms with Crippen molar-refractivity contribution >= 4 is 5.91 Å². The maximum atomic E-state index is 11.9. The number of nitrogens with zero attached hydrogens (tertiary/aromatic N) is 2. The van der Waals surface area contributed by atoms with Crippen LogP contribution in [0.25, 0.3) is 0 Å². The minimum atomic E-state index is -0.731. The minimum Gasteiger partial charge on any atom is -0.355 e. The Labute approximate surface area is 107 Å². The highest BCUT2D eigenvalue weighted by Gasteiger charge is 2.44. The van der Waals surface area contributed by atoms with E-state index in [0.717, 1.165) is 25.0 Å². The van der Waals surface area contributed by atoms with Gasteiger partial charge < -0.3 is 5.32 Å². The van der Waals surface area contributed by atoms with Crippen LogP contribution in [0.3, 0.4) is 0 Å². The summed E-state index contributed by atoms with van der Waals surface area (Å²) in [6.45, 7) is 2.60. The van der Waals surface area contributed by atoms with Gasteiger partial charge in [-0.15, -0.1) is 0 Å². The first-order valence-electron chi connectivity index (χ1n) is 6.36. The highest BCUT2D eigenvalue weighted by atomic mass is 16.2. The molecule has 1 fully saturated rings. The van der Waals surface area contributed by atoms with E-state index in [2.05, 4.69) is 21.6 Å². The molecule has 0 atom stereocenters. The molecule has 0 unspecified atom stereocenters. The van der Waals surface area contributed by atoms with Gasteiger partial charge in [0, 0.05) is 12.2 Å². The Bertz CT molecular complexity index is 468. The smallest absolute Gasteiger partial charge is 0.240 e. The van der Waals surface area contributed by atoms with Gasteiger partial charge in [0.15, 0.2) is 0 Å². The minimum absolute atomic E-state index is 0.0971. The lowest BCUT2D eigenvalue weighted by Crippen LogP contribution is -2.45. The van der Waals surface area contributed by atoms with Crippen LogP contribution in [-0.4, -0.2) is 22.6 Å². The second kappa shape index (κ2) is 5.21. The molecule has 1 aromatic heterocycles. The molecule has 96 valence electrons. The summed E-state index contributed by atoms with van der Waals surface area (Å²) in [4.78, 5) is 11.9. The Hall–Kier alpha value is -1.83. The zero-order chi connectivity index (χ0) is 13.0. The van der Waals surface area contributed by atoms with Crippen LogP contribution in [0.5, 0.6) is 0 Å². The highest BCUT2D eigenvalue weighted by Crippen LogP contribution is 2.40. The Morgan fingerprint density at radius 2 is 2.44 bits per heavy atom. The summed E-state index contributed by atoms with van der Waals surface area (Å²) < 4.78 is 0. The van der Waals surface area contributed by atoms with E-state index in [1.54, 1.807) is 0 Å². The molecular weight excluding hydrogens is 228 g/mol. The maximum Gasteiger partial charge on any atom is 0.240 e. The zero-order valence-electron chi connectivity index (χ0n) is 10.6. The quantitative estimate of drug-likeness (QED) is 0.772. The van der Waals surface area contributed by atoms with Crippen LogP contribution >= 0.6 is 0 Å². The van der Waals surface area contributed by atoms with E-state index in [0.29, 0.717) is 19.4 Å². The molecule has 1 aliphatic rings. The Morgan fingerprint density at radius 3 is 2.94 bits per heavy atom. The van der Waals surface area contributed by atoms with E-state index in [9.17, 15) is 4.79 Å². The normalized spacial score (nSPS) is 16.7. The number of H-pyrrole nitrogens is 1. The van der Waals surface area contributed by atoms with Crippen molar-refractivity contribution in [3.8, 4) is 6.07 Å². The number of aromatic nitrogens is 2. The lowest BCUT2D eigenvalue weighted by molar-refractivity contribution is -0.131. The Balaban J connectivity index is 1.72. The van der Waals surface area contributed by atoms with Crippen LogP contribution in [-0.2, 0) is 11.2 Å². The third-order valence-electron chi connectivity index (χ3n) is 3.70. The highest BCUT2D eigenvalue weighted by molar-refractivity contribution is 5.86. The number of nitriles is 1. The van der Waals surface area contributed by atoms with Crippen molar-refractivity contribution < 1.29 is 4.79 Å². The number of hydrogen-bond acceptors (Lipinski definition) is 3. The number of aryl methyl sites for hydroxylation is 2. The average molecular weight is 246 g/mol. The number of carbonyl (C=O) groups is 1. The predicted octanol–water partition coefficient (Wildman–Crippen LogP) is 1.46. The van der Waals surface area contributed by atoms with Crippen LogP contribution in [0.2, 0.25) is 0 Å². The predicted molar refractivity (Wildman–Crippen MR) is 66.6 cm³/mol. The second-order valence-electron chi connectivity index (χ2n) is 4.93. The molecule has 1 aromatic rings. The third kappa shape index (κ3) is 2.37. The number of amides is 1. The summed E-state index contributed by atoms with van der Waals surface area (Å²) in [7, 11) is 0. The van der Waals surface area contributed by atoms with Crippen LogP contribution in [0.4, 0.5) is 0 Å². The van der Waals surface area contributed by atoms with E-state index in [4.69, 9.17) is 5.26 Å². The zero-order valence-corrected chi connectivity index (χ0v) is 10.6. The van der Waals surface area contributed by atoms with Gasteiger partial charge in [-0.2, -0.15) is 10.4 Å². The van der Waals surface area contributed by atoms with Crippen molar-refractivity contribution in [1.29, 1.82) is 5.26 Å². The van der Waals surface area contributed by atoms with E-state index >= 15 is 0 Å². The fourth-order valence-electron chi connectivity index (χ4n) is 2.20. The maximum absolute atomic E-state index is 11.9. The van der Waals surface area contributed by atoms with Gasteiger partial charge in [-0.1, -0.05) is 0 Å². The number of nitrogens with one attached hydrogen (secondary N) is 2. The summed E-state index contributed by atoms with van der Waals surface area (Å²) in [6.07, 6.45) is 5.97. The van der Waals surface area contributed by atoms with E-state index in [-0.39, 0.29) is 5.91 Å². The van der Waals surface area contributed by atoms with Gasteiger partial charge in [-0.3, -0.25) is 9.89 Å². The molecule has 1 heterocycles. The third-order valence-corrected chi connectivity index (χ3v) is 3.70. The molecule has 0 saturated heterocycles. The SMILES string of the molecule is Cc1[nH]ncc1CCCNC(=O)C1(C#N)CCC1. The molecule has 0 aromatic carbocycles. The molecule has 18 heavy (non-hydrogen) atoms. The summed E-state index contributed by atoms with van der Waals surface area (Å²) in [5.74, 6) is -0.0971. The standard InChI is InChI=1S/C13H18N4O/c1-10-11(8-16-17-10)4-2-7-15-12(18)13(9-14)5-3-6-13/h8H,2-7H2,1H3,(H,15,18)(H,16,17). The Kier molecular flexibility index (Phi) is 3.66. The van der Waals surface area contributed by atoms with Crippen molar-refractivity contribution in [1.82, 2.24) is 15.5 Å². The summed E-state index contributed by atoms with van der Waals surface area (Å²) in [5.41, 5.74) is 1.53. The van der Waals surface area contributed by atoms with Crippen molar-refractivity contribution in [2.75, 3.05) is 6.54 Å². The number of hydrogen-bond donors (Lipinski definition) is 2. The van der Waals surface area contributed by atoms with Crippen molar-refractivity contribution in [3.63, 3.8) is 0 Å². The molecule has 5 nitrogen and oxygen atoms in total. The fraction of sp³-hybridized carbons (Fsp3) is 0.615. The van der Waals surface area contributed by atoms with Crippen LogP contribution in [0.15, 0.2) is 6.20 Å². The van der Waals surface area contributed by atoms with E-state index in [1.807, 2.05) is 13.1 Å². The molecule has 0 bridgehead atoms. The van der Waals surface area contributed by atoms with Crippen molar-refractivity contribution in [2.45, 2.75) is 39.0 Å². The molecule has 1 saturated carbocycles. The monoisotopic (exact) mass is 246 g/mol. The van der Waals surface area contributed by atoms with Gasteiger partial charge in [0.05, 0.1) is 12.3 Å². The average Bonchev–Trinajstić information content (AvgIpc) is 2.70. The molecule has 1 aliphatic carbocycles. The van der Waals surface area contributed by atoms with Gasteiger partial charge in [-0.05, 0) is 44.6 Å². The van der Waals surface area contributed by atoms with Crippen LogP contribution in [0, 0.1) is 23.7 Å². The number of carbonyl (C=O) groups excluding carboxylic acids is 1. The van der Waals surface area contributed by atoms with Gasteiger partial charge >= 0.3 is 0 Å². The topological polar surface area (TPSA) is 81.6 Å². The van der Waals surface area contributed by atoms with Gasteiger partial charge in [0.2, 0.25) is 5.91 Å². The molecule has 2 rings (SSSR count). The van der Waals surface area contributed by atoms with Crippen LogP contribution in [0.1, 0.15) is 36.9 Å². The molecule has 1 amide bonds. The van der Waals surface area contributed by atoms with Crippen molar-refractivity contribution in [3.05, 3.63) is 17.5 Å².